The van der Waals surface area contributed by atoms with E-state index in [0.29, 0.717) is 0 Å². The van der Waals surface area contributed by atoms with Gasteiger partial charge in [-0.2, -0.15) is 96.6 Å². The molecule has 0 aliphatic rings. The fourth-order valence-electron chi connectivity index (χ4n) is 1.24. The molecule has 0 unspecified atom stereocenters. The van der Waals surface area contributed by atoms with Crippen LogP contribution in [-0.2, 0) is 14.2 Å². The van der Waals surface area contributed by atoms with E-state index in [1.165, 1.54) is 9.47 Å². The average Bonchev–Trinajstić information content (AvgIpc) is 2.62. The van der Waals surface area contributed by atoms with Gasteiger partial charge in [0.1, 0.15) is 0 Å². The molecule has 0 radical (unpaired) electrons. The van der Waals surface area contributed by atoms with E-state index in [2.05, 4.69) is 4.74 Å². The van der Waals surface area contributed by atoms with Crippen LogP contribution in [0.5, 0.6) is 0 Å². The minimum absolute atomic E-state index is 1.33. The van der Waals surface area contributed by atoms with Crippen molar-refractivity contribution in [2.75, 3.05) is 0 Å². The summed E-state index contributed by atoms with van der Waals surface area (Å²) < 4.78 is 281. The van der Waals surface area contributed by atoms with Gasteiger partial charge in [0.25, 0.3) is 11.7 Å². The quantitative estimate of drug-likeness (QED) is 0.185. The van der Waals surface area contributed by atoms with Crippen molar-refractivity contribution in [2.24, 2.45) is 0 Å². The van der Waals surface area contributed by atoms with Gasteiger partial charge in [0.2, 0.25) is 0 Å². The molecular weight excluding hydrogens is 610 g/mol. The van der Waals surface area contributed by atoms with Gasteiger partial charge in [-0.15, -0.1) is 0 Å². The highest BCUT2D eigenvalue weighted by Crippen LogP contribution is 2.51. The molecule has 0 aromatic carbocycles. The summed E-state index contributed by atoms with van der Waals surface area (Å²) in [4.78, 5) is 0. The van der Waals surface area contributed by atoms with E-state index in [9.17, 15) is 96.6 Å². The molecule has 37 heavy (non-hydrogen) atoms. The lowest BCUT2D eigenvalue weighted by molar-refractivity contribution is -0.483. The summed E-state index contributed by atoms with van der Waals surface area (Å²) in [6.45, 7) is 0. The third-order valence-corrected chi connectivity index (χ3v) is 2.98. The van der Waals surface area contributed by atoms with Gasteiger partial charge in [0, 0.05) is 0 Å². The lowest BCUT2D eigenvalue weighted by Gasteiger charge is -2.29. The second kappa shape index (κ2) is 9.76. The van der Waals surface area contributed by atoms with Crippen molar-refractivity contribution in [1.82, 2.24) is 0 Å². The van der Waals surface area contributed by atoms with Crippen LogP contribution in [0.3, 0.4) is 0 Å². The fraction of sp³-hybridized carbons (Fsp3) is 0.667. The molecule has 0 spiro atoms. The molecule has 0 amide bonds. The van der Waals surface area contributed by atoms with Crippen LogP contribution in [0, 0.1) is 0 Å². The molecule has 0 heterocycles. The Morgan fingerprint density at radius 3 is 0.757 bits per heavy atom. The maximum absolute atomic E-state index is 13.1. The van der Waals surface area contributed by atoms with Crippen LogP contribution in [0.1, 0.15) is 0 Å². The predicted molar refractivity (Wildman–Crippen MR) is 63.5 cm³/mol. The molecule has 0 aliphatic carbocycles. The van der Waals surface area contributed by atoms with Crippen molar-refractivity contribution < 1.29 is 111 Å². The molecule has 0 bridgehead atoms. The van der Waals surface area contributed by atoms with Crippen molar-refractivity contribution >= 4 is 0 Å². The zero-order chi connectivity index (χ0) is 30.4. The van der Waals surface area contributed by atoms with E-state index < -0.39 is 72.3 Å². The van der Waals surface area contributed by atoms with Gasteiger partial charge in [0.05, 0.1) is 0 Å². The molecule has 0 saturated carbocycles. The first-order valence-corrected chi connectivity index (χ1v) is 7.38. The van der Waals surface area contributed by atoms with Crippen molar-refractivity contribution in [3.63, 3.8) is 0 Å². The lowest BCUT2D eigenvalue weighted by atomic mass is 10.2. The SMILES string of the molecule is FC(OC(F)=C(F)C(F)(F)C(F)(F)OC(F)(F)C(F)(F)F)=C(F)C(F)(F)C(F)(F)OC(F)(F)C(F)(F)F. The van der Waals surface area contributed by atoms with Crippen LogP contribution in [0.25, 0.3) is 0 Å². The molecule has 3 nitrogen and oxygen atoms in total. The monoisotopic (exact) mass is 610 g/mol. The molecule has 0 N–H and O–H groups in total. The number of rotatable bonds is 10. The first kappa shape index (κ1) is 34.7. The second-order valence-corrected chi connectivity index (χ2v) is 5.69. The van der Waals surface area contributed by atoms with Crippen LogP contribution in [0.4, 0.5) is 96.6 Å². The van der Waals surface area contributed by atoms with E-state index >= 15 is 0 Å². The molecule has 220 valence electrons. The number of alkyl halides is 18. The van der Waals surface area contributed by atoms with Gasteiger partial charge in [-0.25, -0.2) is 9.47 Å². The first-order chi connectivity index (χ1) is 15.8. The van der Waals surface area contributed by atoms with Crippen LogP contribution >= 0.6 is 0 Å². The van der Waals surface area contributed by atoms with Gasteiger partial charge < -0.3 is 4.74 Å². The largest absolute Gasteiger partial charge is 0.483 e. The molecule has 0 fully saturated rings. The van der Waals surface area contributed by atoms with Gasteiger partial charge in [-0.05, 0) is 0 Å². The Labute approximate surface area is 184 Å². The van der Waals surface area contributed by atoms with Crippen LogP contribution < -0.4 is 0 Å². The Morgan fingerprint density at radius 2 is 0.568 bits per heavy atom. The van der Waals surface area contributed by atoms with Gasteiger partial charge in [-0.1, -0.05) is 0 Å². The van der Waals surface area contributed by atoms with Gasteiger partial charge in [-0.3, -0.25) is 0 Å². The van der Waals surface area contributed by atoms with Gasteiger partial charge in [0.15, 0.2) is 0 Å². The van der Waals surface area contributed by atoms with Crippen molar-refractivity contribution in [3.8, 4) is 0 Å². The number of hydrogen-bond acceptors (Lipinski definition) is 3. The van der Waals surface area contributed by atoms with Crippen LogP contribution in [0.15, 0.2) is 23.7 Å². The standard InChI is InChI=1S/C12F22O3/c13-1(5(17,18)9(27,28)36-11(31,32)7(21,22)23)3(15)35-4(16)2(14)6(19,20)10(29,30)37-12(33,34)8(24,25)26. The van der Waals surface area contributed by atoms with Crippen molar-refractivity contribution in [1.29, 1.82) is 0 Å². The number of halogens is 22. The molecule has 0 aromatic rings. The van der Waals surface area contributed by atoms with E-state index in [-0.39, 0.29) is 0 Å². The van der Waals surface area contributed by atoms with Crippen molar-refractivity contribution in [3.05, 3.63) is 23.7 Å². The molecule has 0 saturated heterocycles. The highest BCUT2D eigenvalue weighted by atomic mass is 19.4. The lowest BCUT2D eigenvalue weighted by Crippen LogP contribution is -2.52. The minimum atomic E-state index is -7.50. The molecular formula is C12F22O3. The Morgan fingerprint density at radius 1 is 0.351 bits per heavy atom. The highest BCUT2D eigenvalue weighted by Gasteiger charge is 2.74. The number of hydrogen-bond donors (Lipinski definition) is 0. The summed E-state index contributed by atoms with van der Waals surface area (Å²) in [6.07, 6.45) is -44.0. The average molecular weight is 610 g/mol. The van der Waals surface area contributed by atoms with Crippen LogP contribution in [-0.4, -0.2) is 48.6 Å². The fourth-order valence-corrected chi connectivity index (χ4v) is 1.24. The summed E-state index contributed by atoms with van der Waals surface area (Å²) >= 11 is 0. The third-order valence-electron chi connectivity index (χ3n) is 2.98. The Bertz CT molecular complexity index is 820. The minimum Gasteiger partial charge on any atom is -0.400 e. The van der Waals surface area contributed by atoms with E-state index in [1.807, 2.05) is 0 Å². The smallest absolute Gasteiger partial charge is 0.400 e. The summed E-state index contributed by atoms with van der Waals surface area (Å²) in [5, 5.41) is 0. The normalized spacial score (nSPS) is 16.9. The van der Waals surface area contributed by atoms with E-state index in [0.717, 1.165) is 0 Å². The van der Waals surface area contributed by atoms with Crippen molar-refractivity contribution in [2.45, 2.75) is 48.6 Å². The second-order valence-electron chi connectivity index (χ2n) is 5.69. The molecule has 0 aliphatic heterocycles. The molecule has 0 atom stereocenters. The summed E-state index contributed by atoms with van der Waals surface area (Å²) in [5.41, 5.74) is 0. The maximum Gasteiger partial charge on any atom is 0.483 e. The maximum atomic E-state index is 13.1. The Kier molecular flexibility index (Phi) is 9.14. The Balaban J connectivity index is 6.27. The van der Waals surface area contributed by atoms with E-state index in [1.54, 1.807) is 0 Å². The molecule has 0 rings (SSSR count). The first-order valence-electron chi connectivity index (χ1n) is 7.38. The Hall–Kier alpha value is -2.34. The number of ether oxygens (including phenoxy) is 3. The highest BCUT2D eigenvalue weighted by molar-refractivity contribution is 5.14. The van der Waals surface area contributed by atoms with E-state index in [4.69, 9.17) is 0 Å². The summed E-state index contributed by atoms with van der Waals surface area (Å²) in [5.74, 6) is -24.6. The predicted octanol–water partition coefficient (Wildman–Crippen LogP) is 8.02. The summed E-state index contributed by atoms with van der Waals surface area (Å²) in [6, 6.07) is -9.03. The van der Waals surface area contributed by atoms with Gasteiger partial charge >= 0.3 is 60.7 Å². The zero-order valence-corrected chi connectivity index (χ0v) is 15.5. The topological polar surface area (TPSA) is 27.7 Å². The van der Waals surface area contributed by atoms with Crippen LogP contribution in [0.2, 0.25) is 0 Å². The molecule has 0 aromatic heterocycles. The zero-order valence-electron chi connectivity index (χ0n) is 15.5. The molecule has 25 heteroatoms. The summed E-state index contributed by atoms with van der Waals surface area (Å²) in [7, 11) is 0. The third kappa shape index (κ3) is 6.95.